The van der Waals surface area contributed by atoms with Crippen LogP contribution in [0.4, 0.5) is 5.69 Å². The first kappa shape index (κ1) is 17.0. The van der Waals surface area contributed by atoms with E-state index in [1.807, 2.05) is 24.3 Å². The molecule has 1 aromatic rings. The number of carbonyl (C=O) groups is 2. The van der Waals surface area contributed by atoms with Crippen LogP contribution in [0.5, 0.6) is 0 Å². The number of hydrogen-bond acceptors (Lipinski definition) is 3. The van der Waals surface area contributed by atoms with Gasteiger partial charge in [-0.05, 0) is 30.9 Å². The molecule has 5 nitrogen and oxygen atoms in total. The highest BCUT2D eigenvalue weighted by atomic mass is 16.3. The van der Waals surface area contributed by atoms with Gasteiger partial charge < -0.3 is 15.3 Å². The Labute approximate surface area is 143 Å². The van der Waals surface area contributed by atoms with E-state index >= 15 is 0 Å². The second-order valence-corrected chi connectivity index (χ2v) is 6.86. The highest BCUT2D eigenvalue weighted by molar-refractivity contribution is 6.01. The monoisotopic (exact) mass is 330 g/mol. The normalized spacial score (nSPS) is 24.2. The average molecular weight is 330 g/mol. The van der Waals surface area contributed by atoms with Crippen molar-refractivity contribution in [3.05, 3.63) is 29.8 Å². The number of rotatable bonds is 4. The second-order valence-electron chi connectivity index (χ2n) is 6.86. The summed E-state index contributed by atoms with van der Waals surface area (Å²) in [6.07, 6.45) is 6.38. The van der Waals surface area contributed by atoms with Crippen LogP contribution in [0.15, 0.2) is 24.3 Å². The van der Waals surface area contributed by atoms with E-state index < -0.39 is 0 Å². The molecule has 0 radical (unpaired) electrons. The van der Waals surface area contributed by atoms with Gasteiger partial charge in [0.25, 0.3) is 0 Å². The predicted molar refractivity (Wildman–Crippen MR) is 92.7 cm³/mol. The summed E-state index contributed by atoms with van der Waals surface area (Å²) in [7, 11) is 0. The third-order valence-electron chi connectivity index (χ3n) is 5.23. The van der Waals surface area contributed by atoms with Crippen LogP contribution in [0.2, 0.25) is 0 Å². The number of aryl methyl sites for hydroxylation is 1. The Bertz CT molecular complexity index is 602. The summed E-state index contributed by atoms with van der Waals surface area (Å²) in [6, 6.07) is 7.79. The van der Waals surface area contributed by atoms with E-state index in [9.17, 15) is 14.7 Å². The first-order valence-electron chi connectivity index (χ1n) is 8.97. The minimum absolute atomic E-state index is 0.00317. The van der Waals surface area contributed by atoms with Crippen LogP contribution in [0.1, 0.15) is 44.1 Å². The van der Waals surface area contributed by atoms with Crippen molar-refractivity contribution in [1.29, 1.82) is 0 Å². The molecule has 1 saturated carbocycles. The Morgan fingerprint density at radius 3 is 2.79 bits per heavy atom. The average Bonchev–Trinajstić information content (AvgIpc) is 2.82. The van der Waals surface area contributed by atoms with Crippen molar-refractivity contribution in [3.63, 3.8) is 0 Å². The largest absolute Gasteiger partial charge is 0.396 e. The van der Waals surface area contributed by atoms with Crippen LogP contribution in [0.25, 0.3) is 0 Å². The van der Waals surface area contributed by atoms with Crippen LogP contribution in [0, 0.1) is 5.92 Å². The molecule has 2 unspecified atom stereocenters. The lowest BCUT2D eigenvalue weighted by atomic mass is 9.95. The number of aliphatic hydroxyl groups excluding tert-OH is 1. The second kappa shape index (κ2) is 7.79. The van der Waals surface area contributed by atoms with Gasteiger partial charge in [0.15, 0.2) is 0 Å². The molecule has 2 atom stereocenters. The summed E-state index contributed by atoms with van der Waals surface area (Å²) in [4.78, 5) is 26.4. The molecule has 5 heteroatoms. The van der Waals surface area contributed by atoms with E-state index in [2.05, 4.69) is 5.32 Å². The van der Waals surface area contributed by atoms with Gasteiger partial charge in [-0.25, -0.2) is 0 Å². The third-order valence-corrected chi connectivity index (χ3v) is 5.23. The minimum atomic E-state index is -0.134. The fourth-order valence-corrected chi connectivity index (χ4v) is 3.86. The van der Waals surface area contributed by atoms with Gasteiger partial charge >= 0.3 is 0 Å². The Balaban J connectivity index is 1.67. The quantitative estimate of drug-likeness (QED) is 0.830. The first-order chi connectivity index (χ1) is 11.7. The van der Waals surface area contributed by atoms with Gasteiger partial charge in [0, 0.05) is 30.7 Å². The van der Waals surface area contributed by atoms with Gasteiger partial charge in [-0.3, -0.25) is 9.59 Å². The SMILES string of the molecule is O=C(CN1C(=O)CCc2ccccc21)NC1CCCCCC1CO. The van der Waals surface area contributed by atoms with E-state index in [0.29, 0.717) is 6.42 Å². The van der Waals surface area contributed by atoms with Crippen molar-refractivity contribution < 1.29 is 14.7 Å². The molecule has 1 fully saturated rings. The van der Waals surface area contributed by atoms with Crippen molar-refractivity contribution in [3.8, 4) is 0 Å². The molecule has 2 amide bonds. The topological polar surface area (TPSA) is 69.6 Å². The molecular weight excluding hydrogens is 304 g/mol. The summed E-state index contributed by atoms with van der Waals surface area (Å²) >= 11 is 0. The van der Waals surface area contributed by atoms with Crippen molar-refractivity contribution in [2.75, 3.05) is 18.1 Å². The number of anilines is 1. The molecule has 0 aromatic heterocycles. The summed E-state index contributed by atoms with van der Waals surface area (Å²) in [5.41, 5.74) is 1.97. The van der Waals surface area contributed by atoms with Crippen molar-refractivity contribution >= 4 is 17.5 Å². The van der Waals surface area contributed by atoms with Crippen LogP contribution < -0.4 is 10.2 Å². The molecular formula is C19H26N2O3. The van der Waals surface area contributed by atoms with Gasteiger partial charge in [0.2, 0.25) is 11.8 Å². The fraction of sp³-hybridized carbons (Fsp3) is 0.579. The molecule has 24 heavy (non-hydrogen) atoms. The molecule has 0 saturated heterocycles. The number of aliphatic hydroxyl groups is 1. The smallest absolute Gasteiger partial charge is 0.240 e. The highest BCUT2D eigenvalue weighted by Gasteiger charge is 2.28. The molecule has 0 bridgehead atoms. The molecule has 130 valence electrons. The van der Waals surface area contributed by atoms with Gasteiger partial charge in [0.05, 0.1) is 0 Å². The lowest BCUT2D eigenvalue weighted by molar-refractivity contribution is -0.124. The van der Waals surface area contributed by atoms with Crippen LogP contribution in [0.3, 0.4) is 0 Å². The zero-order valence-electron chi connectivity index (χ0n) is 14.0. The predicted octanol–water partition coefficient (Wildman–Crippen LogP) is 2.02. The number of amides is 2. The van der Waals surface area contributed by atoms with Gasteiger partial charge in [0.1, 0.15) is 6.54 Å². The fourth-order valence-electron chi connectivity index (χ4n) is 3.86. The Morgan fingerprint density at radius 1 is 1.17 bits per heavy atom. The van der Waals surface area contributed by atoms with E-state index in [0.717, 1.165) is 49.8 Å². The molecule has 1 aromatic carbocycles. The maximum absolute atomic E-state index is 12.5. The number of hydrogen-bond donors (Lipinski definition) is 2. The zero-order chi connectivity index (χ0) is 16.9. The molecule has 2 aliphatic rings. The van der Waals surface area contributed by atoms with E-state index in [1.165, 1.54) is 0 Å². The lowest BCUT2D eigenvalue weighted by Crippen LogP contribution is -2.48. The van der Waals surface area contributed by atoms with Crippen LogP contribution in [-0.4, -0.2) is 36.1 Å². The molecule has 0 spiro atoms. The van der Waals surface area contributed by atoms with Crippen molar-refractivity contribution in [2.45, 2.75) is 51.0 Å². The number of carbonyl (C=O) groups excluding carboxylic acids is 2. The molecule has 1 heterocycles. The number of nitrogens with one attached hydrogen (secondary N) is 1. The Hall–Kier alpha value is -1.88. The molecule has 3 rings (SSSR count). The van der Waals surface area contributed by atoms with Crippen molar-refractivity contribution in [1.82, 2.24) is 5.32 Å². The van der Waals surface area contributed by atoms with Gasteiger partial charge in [-0.2, -0.15) is 0 Å². The number of para-hydroxylation sites is 1. The maximum Gasteiger partial charge on any atom is 0.240 e. The van der Waals surface area contributed by atoms with Crippen LogP contribution >= 0.6 is 0 Å². The van der Waals surface area contributed by atoms with Gasteiger partial charge in [-0.1, -0.05) is 37.5 Å². The standard InChI is InChI=1S/C19H26N2O3/c22-13-15-7-2-1-3-8-16(15)20-18(23)12-21-17-9-5-4-6-14(17)10-11-19(21)24/h4-6,9,15-16,22H,1-3,7-8,10-13H2,(H,20,23). The van der Waals surface area contributed by atoms with E-state index in [1.54, 1.807) is 4.90 Å². The van der Waals surface area contributed by atoms with E-state index in [4.69, 9.17) is 0 Å². The van der Waals surface area contributed by atoms with E-state index in [-0.39, 0.29) is 36.9 Å². The molecule has 2 N–H and O–H groups in total. The lowest BCUT2D eigenvalue weighted by Gasteiger charge is -2.30. The highest BCUT2D eigenvalue weighted by Crippen LogP contribution is 2.27. The zero-order valence-corrected chi connectivity index (χ0v) is 14.0. The summed E-state index contributed by atoms with van der Waals surface area (Å²) in [5.74, 6) is -0.00498. The Morgan fingerprint density at radius 2 is 1.96 bits per heavy atom. The Kier molecular flexibility index (Phi) is 5.51. The summed E-state index contributed by atoms with van der Waals surface area (Å²) in [5, 5.41) is 12.6. The number of benzene rings is 1. The maximum atomic E-state index is 12.5. The summed E-state index contributed by atoms with van der Waals surface area (Å²) < 4.78 is 0. The van der Waals surface area contributed by atoms with Gasteiger partial charge in [-0.15, -0.1) is 0 Å². The summed E-state index contributed by atoms with van der Waals surface area (Å²) in [6.45, 7) is 0.168. The van der Waals surface area contributed by atoms with Crippen LogP contribution in [-0.2, 0) is 16.0 Å². The third kappa shape index (κ3) is 3.78. The molecule has 1 aliphatic carbocycles. The molecule has 1 aliphatic heterocycles. The van der Waals surface area contributed by atoms with Crippen molar-refractivity contribution in [2.24, 2.45) is 5.92 Å². The number of nitrogens with zero attached hydrogens (tertiary/aromatic N) is 1. The first-order valence-corrected chi connectivity index (χ1v) is 8.97. The minimum Gasteiger partial charge on any atom is -0.396 e. The number of fused-ring (bicyclic) bond motifs is 1.